The largest absolute Gasteiger partial charge is 0.477 e. The second-order valence-electron chi connectivity index (χ2n) is 4.00. The molecule has 1 heterocycles. The molecule has 0 aliphatic rings. The second kappa shape index (κ2) is 5.61. The Labute approximate surface area is 105 Å². The lowest BCUT2D eigenvalue weighted by Crippen LogP contribution is -2.26. The van der Waals surface area contributed by atoms with Crippen molar-refractivity contribution in [2.45, 2.75) is 25.2 Å². The normalized spacial score (nSPS) is 11.9. The van der Waals surface area contributed by atoms with E-state index in [2.05, 4.69) is 4.72 Å². The van der Waals surface area contributed by atoms with Crippen molar-refractivity contribution in [2.75, 3.05) is 6.54 Å². The zero-order valence-electron chi connectivity index (χ0n) is 9.63. The molecule has 0 amide bonds. The summed E-state index contributed by atoms with van der Waals surface area (Å²) in [5.41, 5.74) is 0. The molecule has 2 N–H and O–H groups in total. The monoisotopic (exact) mass is 277 g/mol. The summed E-state index contributed by atoms with van der Waals surface area (Å²) in [6, 6.07) is 1.31. The van der Waals surface area contributed by atoms with Crippen LogP contribution in [0, 0.1) is 5.92 Å². The number of rotatable bonds is 6. The van der Waals surface area contributed by atoms with E-state index in [1.807, 2.05) is 13.8 Å². The van der Waals surface area contributed by atoms with E-state index in [-0.39, 0.29) is 9.77 Å². The van der Waals surface area contributed by atoms with Crippen LogP contribution in [0.5, 0.6) is 0 Å². The van der Waals surface area contributed by atoms with E-state index in [0.29, 0.717) is 18.9 Å². The van der Waals surface area contributed by atoms with Crippen molar-refractivity contribution in [1.82, 2.24) is 4.72 Å². The molecule has 0 atom stereocenters. The van der Waals surface area contributed by atoms with Gasteiger partial charge in [0.2, 0.25) is 10.0 Å². The van der Waals surface area contributed by atoms with Crippen molar-refractivity contribution in [3.05, 3.63) is 16.3 Å². The summed E-state index contributed by atoms with van der Waals surface area (Å²) in [5, 5.41) is 10.3. The molecule has 1 aromatic rings. The van der Waals surface area contributed by atoms with Crippen LogP contribution in [0.3, 0.4) is 0 Å². The van der Waals surface area contributed by atoms with E-state index < -0.39 is 16.0 Å². The quantitative estimate of drug-likeness (QED) is 0.830. The van der Waals surface area contributed by atoms with Gasteiger partial charge in [0.25, 0.3) is 0 Å². The lowest BCUT2D eigenvalue weighted by Gasteiger charge is -2.07. The topological polar surface area (TPSA) is 83.5 Å². The maximum absolute atomic E-state index is 11.8. The van der Waals surface area contributed by atoms with Gasteiger partial charge in [0, 0.05) is 6.54 Å². The Hall–Kier alpha value is -0.920. The van der Waals surface area contributed by atoms with E-state index in [1.165, 1.54) is 11.4 Å². The minimum atomic E-state index is -3.71. The summed E-state index contributed by atoms with van der Waals surface area (Å²) in [6.45, 7) is 4.29. The number of aromatic carboxylic acids is 1. The summed E-state index contributed by atoms with van der Waals surface area (Å²) < 4.78 is 26.1. The zero-order valence-corrected chi connectivity index (χ0v) is 11.3. The highest BCUT2D eigenvalue weighted by Gasteiger charge is 2.23. The number of carbonyl (C=O) groups is 1. The number of carboxylic acids is 1. The Morgan fingerprint density at radius 3 is 2.71 bits per heavy atom. The summed E-state index contributed by atoms with van der Waals surface area (Å²) in [6.07, 6.45) is 0.714. The molecule has 7 heteroatoms. The van der Waals surface area contributed by atoms with Crippen LogP contribution in [0.1, 0.15) is 29.9 Å². The molecular formula is C10H15NO4S2. The van der Waals surface area contributed by atoms with Gasteiger partial charge in [0.05, 0.1) is 0 Å². The van der Waals surface area contributed by atoms with Gasteiger partial charge >= 0.3 is 5.97 Å². The maximum Gasteiger partial charge on any atom is 0.347 e. The first-order valence-electron chi connectivity index (χ1n) is 5.15. The number of hydrogen-bond donors (Lipinski definition) is 2. The van der Waals surface area contributed by atoms with Gasteiger partial charge in [-0.05, 0) is 23.8 Å². The van der Waals surface area contributed by atoms with Gasteiger partial charge in [0.1, 0.15) is 9.77 Å². The molecule has 1 rings (SSSR count). The summed E-state index contributed by atoms with van der Waals surface area (Å²) >= 11 is 0.906. The van der Waals surface area contributed by atoms with E-state index >= 15 is 0 Å². The predicted octanol–water partition coefficient (Wildman–Crippen LogP) is 1.77. The van der Waals surface area contributed by atoms with E-state index in [1.54, 1.807) is 0 Å². The molecule has 17 heavy (non-hydrogen) atoms. The van der Waals surface area contributed by atoms with Gasteiger partial charge in [-0.3, -0.25) is 0 Å². The van der Waals surface area contributed by atoms with Crippen LogP contribution in [0.4, 0.5) is 0 Å². The standard InChI is InChI=1S/C10H15NO4S2/c1-7(2)3-5-11-17(14,15)8-4-6-16-9(8)10(12)13/h4,6-7,11H,3,5H2,1-2H3,(H,12,13). The Bertz CT molecular complexity index is 490. The van der Waals surface area contributed by atoms with Crippen LogP contribution in [-0.4, -0.2) is 26.0 Å². The Kier molecular flexibility index (Phi) is 4.67. The van der Waals surface area contributed by atoms with E-state index in [4.69, 9.17) is 5.11 Å². The lowest BCUT2D eigenvalue weighted by atomic mass is 10.1. The lowest BCUT2D eigenvalue weighted by molar-refractivity contribution is 0.0698. The first-order valence-corrected chi connectivity index (χ1v) is 7.51. The zero-order chi connectivity index (χ0) is 13.1. The molecule has 0 aliphatic carbocycles. The third-order valence-corrected chi connectivity index (χ3v) is 4.66. The predicted molar refractivity (Wildman–Crippen MR) is 65.9 cm³/mol. The molecule has 0 fully saturated rings. The average molecular weight is 277 g/mol. The van der Waals surface area contributed by atoms with Gasteiger partial charge in [-0.15, -0.1) is 11.3 Å². The molecular weight excluding hydrogens is 262 g/mol. The number of sulfonamides is 1. The smallest absolute Gasteiger partial charge is 0.347 e. The molecule has 0 aromatic carbocycles. The molecule has 0 radical (unpaired) electrons. The van der Waals surface area contributed by atoms with Crippen LogP contribution in [0.25, 0.3) is 0 Å². The summed E-state index contributed by atoms with van der Waals surface area (Å²) in [7, 11) is -3.71. The van der Waals surface area contributed by atoms with Crippen molar-refractivity contribution < 1.29 is 18.3 Å². The molecule has 0 bridgehead atoms. The summed E-state index contributed by atoms with van der Waals surface area (Å²) in [5.74, 6) is -0.830. The van der Waals surface area contributed by atoms with Crippen molar-refractivity contribution in [3.63, 3.8) is 0 Å². The van der Waals surface area contributed by atoms with Crippen molar-refractivity contribution in [2.24, 2.45) is 5.92 Å². The fourth-order valence-electron chi connectivity index (χ4n) is 1.22. The van der Waals surface area contributed by atoms with E-state index in [0.717, 1.165) is 11.3 Å². The van der Waals surface area contributed by atoms with Crippen LogP contribution < -0.4 is 4.72 Å². The minimum Gasteiger partial charge on any atom is -0.477 e. The highest BCUT2D eigenvalue weighted by atomic mass is 32.2. The first-order chi connectivity index (χ1) is 7.84. The third kappa shape index (κ3) is 3.79. The molecule has 0 aliphatic heterocycles. The third-order valence-electron chi connectivity index (χ3n) is 2.13. The molecule has 0 saturated heterocycles. The SMILES string of the molecule is CC(C)CCNS(=O)(=O)c1ccsc1C(=O)O. The molecule has 1 aromatic heterocycles. The molecule has 5 nitrogen and oxygen atoms in total. The second-order valence-corrected chi connectivity index (χ2v) is 6.65. The number of nitrogens with one attached hydrogen (secondary N) is 1. The Balaban J connectivity index is 2.83. The summed E-state index contributed by atoms with van der Waals surface area (Å²) in [4.78, 5) is 10.5. The van der Waals surface area contributed by atoms with Gasteiger partial charge in [-0.2, -0.15) is 0 Å². The van der Waals surface area contributed by atoms with Crippen molar-refractivity contribution >= 4 is 27.3 Å². The first kappa shape index (κ1) is 14.1. The molecule has 96 valence electrons. The van der Waals surface area contributed by atoms with Gasteiger partial charge < -0.3 is 5.11 Å². The highest BCUT2D eigenvalue weighted by molar-refractivity contribution is 7.89. The average Bonchev–Trinajstić information content (AvgIpc) is 2.65. The number of hydrogen-bond acceptors (Lipinski definition) is 4. The van der Waals surface area contributed by atoms with Crippen LogP contribution >= 0.6 is 11.3 Å². The molecule has 0 spiro atoms. The number of thiophene rings is 1. The fraction of sp³-hybridized carbons (Fsp3) is 0.500. The van der Waals surface area contributed by atoms with Crippen LogP contribution in [0.15, 0.2) is 16.3 Å². The van der Waals surface area contributed by atoms with Crippen molar-refractivity contribution in [3.8, 4) is 0 Å². The van der Waals surface area contributed by atoms with Crippen LogP contribution in [0.2, 0.25) is 0 Å². The van der Waals surface area contributed by atoms with Gasteiger partial charge in [-0.25, -0.2) is 17.9 Å². The van der Waals surface area contributed by atoms with Gasteiger partial charge in [0.15, 0.2) is 0 Å². The Morgan fingerprint density at radius 1 is 1.53 bits per heavy atom. The molecule has 0 unspecified atom stereocenters. The molecule has 0 saturated carbocycles. The fourth-order valence-corrected chi connectivity index (χ4v) is 3.53. The number of carboxylic acid groups (broad SMARTS) is 1. The Morgan fingerprint density at radius 2 is 2.18 bits per heavy atom. The minimum absolute atomic E-state index is 0.151. The van der Waals surface area contributed by atoms with Crippen molar-refractivity contribution in [1.29, 1.82) is 0 Å². The van der Waals surface area contributed by atoms with Gasteiger partial charge in [-0.1, -0.05) is 13.8 Å². The van der Waals surface area contributed by atoms with Crippen LogP contribution in [-0.2, 0) is 10.0 Å². The highest BCUT2D eigenvalue weighted by Crippen LogP contribution is 2.21. The maximum atomic E-state index is 11.8. The van der Waals surface area contributed by atoms with E-state index in [9.17, 15) is 13.2 Å².